The van der Waals surface area contributed by atoms with Crippen molar-refractivity contribution in [2.75, 3.05) is 0 Å². The van der Waals surface area contributed by atoms with Crippen LogP contribution >= 0.6 is 0 Å². The van der Waals surface area contributed by atoms with Crippen LogP contribution in [-0.2, 0) is 11.3 Å². The number of hydrogen-bond acceptors (Lipinski definition) is 2. The summed E-state index contributed by atoms with van der Waals surface area (Å²) in [6, 6.07) is 38.0. The summed E-state index contributed by atoms with van der Waals surface area (Å²) in [5, 5.41) is 14.1. The Balaban J connectivity index is 1.22. The predicted molar refractivity (Wildman–Crippen MR) is 149 cm³/mol. The van der Waals surface area contributed by atoms with Crippen molar-refractivity contribution < 1.29 is 9.53 Å². The molecule has 0 N–H and O–H groups in total. The van der Waals surface area contributed by atoms with Gasteiger partial charge in [-0.3, -0.25) is 0 Å². The molecule has 0 atom stereocenters. The van der Waals surface area contributed by atoms with Gasteiger partial charge in [0.1, 0.15) is 6.61 Å². The van der Waals surface area contributed by atoms with E-state index in [1.54, 1.807) is 0 Å². The number of benzene rings is 8. The summed E-state index contributed by atoms with van der Waals surface area (Å²) in [4.78, 5) is 13.4. The number of rotatable bonds is 3. The largest absolute Gasteiger partial charge is 0.457 e. The zero-order chi connectivity index (χ0) is 23.8. The summed E-state index contributed by atoms with van der Waals surface area (Å²) in [5.74, 6) is -0.293. The van der Waals surface area contributed by atoms with Crippen molar-refractivity contribution in [3.05, 3.63) is 120 Å². The van der Waals surface area contributed by atoms with E-state index in [2.05, 4.69) is 97.1 Å². The minimum Gasteiger partial charge on any atom is -0.457 e. The highest BCUT2D eigenvalue weighted by atomic mass is 16.5. The zero-order valence-electron chi connectivity index (χ0n) is 19.4. The second-order valence-corrected chi connectivity index (χ2v) is 9.63. The average molecular weight is 461 g/mol. The van der Waals surface area contributed by atoms with Crippen LogP contribution in [0.25, 0.3) is 64.6 Å². The molecule has 0 radical (unpaired) electrons. The fourth-order valence-electron chi connectivity index (χ4n) is 6.06. The lowest BCUT2D eigenvalue weighted by Crippen LogP contribution is -2.06. The molecule has 0 fully saturated rings. The molecule has 0 saturated carbocycles. The topological polar surface area (TPSA) is 26.3 Å². The van der Waals surface area contributed by atoms with Crippen molar-refractivity contribution in [1.29, 1.82) is 0 Å². The van der Waals surface area contributed by atoms with Crippen molar-refractivity contribution in [2.45, 2.75) is 6.61 Å². The zero-order valence-corrected chi connectivity index (χ0v) is 19.4. The molecule has 36 heavy (non-hydrogen) atoms. The van der Waals surface area contributed by atoms with Gasteiger partial charge in [-0.15, -0.1) is 0 Å². The van der Waals surface area contributed by atoms with Crippen LogP contribution < -0.4 is 0 Å². The SMILES string of the molecule is O=C(OCc1ccc2ccc3cccc4ccc1c2c34)c1ccc2ccc3cccc4ccc1c2c34. The van der Waals surface area contributed by atoms with Gasteiger partial charge in [0, 0.05) is 0 Å². The van der Waals surface area contributed by atoms with E-state index in [1.807, 2.05) is 12.1 Å². The summed E-state index contributed by atoms with van der Waals surface area (Å²) in [5.41, 5.74) is 1.63. The van der Waals surface area contributed by atoms with Gasteiger partial charge in [-0.1, -0.05) is 103 Å². The first-order valence-corrected chi connectivity index (χ1v) is 12.3. The molecule has 0 aromatic heterocycles. The maximum absolute atomic E-state index is 13.4. The molecule has 0 heterocycles. The summed E-state index contributed by atoms with van der Waals surface area (Å²) in [6.07, 6.45) is 0. The number of carbonyl (C=O) groups is 1. The summed E-state index contributed by atoms with van der Waals surface area (Å²) >= 11 is 0. The Morgan fingerprint density at radius 2 is 0.917 bits per heavy atom. The third kappa shape index (κ3) is 2.64. The van der Waals surface area contributed by atoms with Crippen LogP contribution in [0.15, 0.2) is 109 Å². The highest BCUT2D eigenvalue weighted by Crippen LogP contribution is 2.38. The molecule has 168 valence electrons. The van der Waals surface area contributed by atoms with E-state index in [1.165, 1.54) is 43.1 Å². The fourth-order valence-corrected chi connectivity index (χ4v) is 6.06. The number of ether oxygens (including phenoxy) is 1. The normalized spacial score (nSPS) is 12.1. The van der Waals surface area contributed by atoms with E-state index in [0.29, 0.717) is 5.56 Å². The van der Waals surface area contributed by atoms with Crippen molar-refractivity contribution in [3.63, 3.8) is 0 Å². The van der Waals surface area contributed by atoms with Gasteiger partial charge >= 0.3 is 5.97 Å². The molecule has 0 amide bonds. The maximum Gasteiger partial charge on any atom is 0.339 e. The monoisotopic (exact) mass is 460 g/mol. The summed E-state index contributed by atoms with van der Waals surface area (Å²) < 4.78 is 5.96. The summed E-state index contributed by atoms with van der Waals surface area (Å²) in [7, 11) is 0. The van der Waals surface area contributed by atoms with Gasteiger partial charge < -0.3 is 4.74 Å². The highest BCUT2D eigenvalue weighted by Gasteiger charge is 2.17. The van der Waals surface area contributed by atoms with Crippen LogP contribution in [0.5, 0.6) is 0 Å². The van der Waals surface area contributed by atoms with Gasteiger partial charge in [0.15, 0.2) is 0 Å². The third-order valence-corrected chi connectivity index (χ3v) is 7.73. The maximum atomic E-state index is 13.4. The van der Waals surface area contributed by atoms with E-state index < -0.39 is 0 Å². The molecule has 0 aliphatic carbocycles. The molecular formula is C34H20O2. The van der Waals surface area contributed by atoms with Crippen molar-refractivity contribution in [1.82, 2.24) is 0 Å². The number of hydrogen-bond donors (Lipinski definition) is 0. The molecule has 0 aliphatic heterocycles. The van der Waals surface area contributed by atoms with Crippen molar-refractivity contribution in [2.24, 2.45) is 0 Å². The van der Waals surface area contributed by atoms with Crippen LogP contribution in [0.3, 0.4) is 0 Å². The van der Waals surface area contributed by atoms with Crippen LogP contribution in [-0.4, -0.2) is 5.97 Å². The van der Waals surface area contributed by atoms with Crippen LogP contribution in [0.4, 0.5) is 0 Å². The molecule has 8 aromatic carbocycles. The first-order chi connectivity index (χ1) is 17.8. The van der Waals surface area contributed by atoms with Crippen molar-refractivity contribution >= 4 is 70.6 Å². The van der Waals surface area contributed by atoms with Gasteiger partial charge in [-0.25, -0.2) is 4.79 Å². The smallest absolute Gasteiger partial charge is 0.339 e. The van der Waals surface area contributed by atoms with E-state index in [-0.39, 0.29) is 12.6 Å². The fraction of sp³-hybridized carbons (Fsp3) is 0.0294. The average Bonchev–Trinajstić information content (AvgIpc) is 2.93. The molecule has 8 aromatic rings. The lowest BCUT2D eigenvalue weighted by Gasteiger charge is -2.15. The van der Waals surface area contributed by atoms with Gasteiger partial charge in [0.25, 0.3) is 0 Å². The molecule has 0 saturated heterocycles. The van der Waals surface area contributed by atoms with Gasteiger partial charge in [-0.05, 0) is 76.3 Å². The molecule has 2 heteroatoms. The van der Waals surface area contributed by atoms with E-state index in [4.69, 9.17) is 4.74 Å². The second kappa shape index (κ2) is 7.16. The third-order valence-electron chi connectivity index (χ3n) is 7.73. The van der Waals surface area contributed by atoms with Gasteiger partial charge in [0.05, 0.1) is 5.56 Å². The Morgan fingerprint density at radius 3 is 1.53 bits per heavy atom. The van der Waals surface area contributed by atoms with Crippen LogP contribution in [0, 0.1) is 0 Å². The van der Waals surface area contributed by atoms with Gasteiger partial charge in [0.2, 0.25) is 0 Å². The van der Waals surface area contributed by atoms with E-state index in [0.717, 1.165) is 27.1 Å². The Morgan fingerprint density at radius 1 is 0.472 bits per heavy atom. The van der Waals surface area contributed by atoms with E-state index in [9.17, 15) is 4.79 Å². The van der Waals surface area contributed by atoms with Gasteiger partial charge in [-0.2, -0.15) is 0 Å². The Bertz CT molecular complexity index is 2090. The minimum absolute atomic E-state index is 0.231. The standard InChI is InChI=1S/C34H20O2/c35-34(29-18-15-25-10-8-21-4-2-6-23-14-17-28(29)33(25)31(21)23)36-19-26-12-11-24-9-7-20-3-1-5-22-13-16-27(26)32(24)30(20)22/h1-18H,19H2. The summed E-state index contributed by atoms with van der Waals surface area (Å²) in [6.45, 7) is 0.231. The molecule has 0 bridgehead atoms. The minimum atomic E-state index is -0.293. The first kappa shape index (κ1) is 19.6. The molecule has 0 aliphatic rings. The molecule has 8 rings (SSSR count). The quantitative estimate of drug-likeness (QED) is 0.194. The van der Waals surface area contributed by atoms with E-state index >= 15 is 0 Å². The molecular weight excluding hydrogens is 440 g/mol. The Kier molecular flexibility index (Phi) is 3.90. The molecule has 2 nitrogen and oxygen atoms in total. The predicted octanol–water partition coefficient (Wildman–Crippen LogP) is 8.84. The lowest BCUT2D eigenvalue weighted by molar-refractivity contribution is 0.0477. The second-order valence-electron chi connectivity index (χ2n) is 9.63. The number of esters is 1. The first-order valence-electron chi connectivity index (χ1n) is 12.3. The van der Waals surface area contributed by atoms with Crippen LogP contribution in [0.2, 0.25) is 0 Å². The van der Waals surface area contributed by atoms with Crippen molar-refractivity contribution in [3.8, 4) is 0 Å². The lowest BCUT2D eigenvalue weighted by atomic mass is 9.92. The Hall–Kier alpha value is -4.69. The molecule has 0 unspecified atom stereocenters. The highest BCUT2D eigenvalue weighted by molar-refractivity contribution is 6.26. The Labute approximate surface area is 207 Å². The number of carbonyl (C=O) groups excluding carboxylic acids is 1. The van der Waals surface area contributed by atoms with Crippen LogP contribution in [0.1, 0.15) is 15.9 Å². The molecule has 0 spiro atoms.